The van der Waals surface area contributed by atoms with Gasteiger partial charge >= 0.3 is 0 Å². The van der Waals surface area contributed by atoms with Gasteiger partial charge in [0.05, 0.1) is 5.69 Å². The number of hydrogen-bond donors (Lipinski definition) is 1. The second kappa shape index (κ2) is 3.62. The van der Waals surface area contributed by atoms with E-state index in [1.54, 1.807) is 0 Å². The molecule has 0 fully saturated rings. The van der Waals surface area contributed by atoms with Gasteiger partial charge < -0.3 is 10.00 Å². The lowest BCUT2D eigenvalue weighted by molar-refractivity contribution is 0.375. The predicted molar refractivity (Wildman–Crippen MR) is 46.5 cm³/mol. The summed E-state index contributed by atoms with van der Waals surface area (Å²) in [5, 5.41) is 3.26. The minimum atomic E-state index is 1.01. The lowest BCUT2D eigenvalue weighted by atomic mass is 10.4. The Morgan fingerprint density at radius 1 is 1.55 bits per heavy atom. The van der Waals surface area contributed by atoms with Crippen LogP contribution in [0.4, 0.5) is 0 Å². The van der Waals surface area contributed by atoms with Gasteiger partial charge in [0.1, 0.15) is 0 Å². The molecule has 0 atom stereocenters. The maximum atomic E-state index is 3.26. The van der Waals surface area contributed by atoms with Crippen molar-refractivity contribution in [2.24, 2.45) is 0 Å². The molecule has 1 heterocycles. The van der Waals surface area contributed by atoms with Gasteiger partial charge in [0.25, 0.3) is 0 Å². The molecule has 0 aliphatic rings. The van der Waals surface area contributed by atoms with E-state index in [1.165, 1.54) is 12.1 Å². The summed E-state index contributed by atoms with van der Waals surface area (Å²) >= 11 is 0. The summed E-state index contributed by atoms with van der Waals surface area (Å²) in [7, 11) is 4.15. The Morgan fingerprint density at radius 2 is 2.18 bits per heavy atom. The number of aromatic amines is 1. The highest BCUT2D eigenvalue weighted by Gasteiger charge is 2.00. The number of H-pyrrole nitrogens is 1. The molecule has 0 saturated carbocycles. The van der Waals surface area contributed by atoms with Gasteiger partial charge in [-0.05, 0) is 20.5 Å². The van der Waals surface area contributed by atoms with Crippen LogP contribution in [0, 0.1) is 0 Å². The third-order valence-electron chi connectivity index (χ3n) is 1.55. The average Bonchev–Trinajstić information content (AvgIpc) is 1.82. The molecule has 1 aromatic heterocycles. The normalized spacial score (nSPS) is 11.3. The Kier molecular flexibility index (Phi) is 2.76. The Bertz CT molecular complexity index is 186. The van der Waals surface area contributed by atoms with Crippen molar-refractivity contribution in [3.8, 4) is 0 Å². The summed E-state index contributed by atoms with van der Waals surface area (Å²) < 4.78 is 2.12. The Labute approximate surface area is 68.0 Å². The molecule has 0 spiro atoms. The number of nitrogens with one attached hydrogen (secondary N) is 1. The summed E-state index contributed by atoms with van der Waals surface area (Å²) in [5.41, 5.74) is 1.31. The van der Waals surface area contributed by atoms with Gasteiger partial charge in [-0.3, -0.25) is 4.68 Å². The zero-order valence-electron chi connectivity index (χ0n) is 7.59. The molecule has 0 unspecified atom stereocenters. The predicted octanol–water partition coefficient (Wildman–Crippen LogP) is 1.29. The lowest BCUT2D eigenvalue weighted by Gasteiger charge is -2.17. The standard InChI is InChI=1S/C8H17N3/c1-4-5-11-7-8(9-11)6-10(2)3/h7,9H,4-6H2,1-3H3. The van der Waals surface area contributed by atoms with Crippen LogP contribution in [0.1, 0.15) is 19.0 Å². The molecule has 0 amide bonds. The zero-order chi connectivity index (χ0) is 8.27. The van der Waals surface area contributed by atoms with Gasteiger partial charge in [-0.2, -0.15) is 0 Å². The number of aryl methyl sites for hydroxylation is 1. The first-order chi connectivity index (χ1) is 5.22. The molecule has 0 radical (unpaired) electrons. The number of rotatable bonds is 4. The van der Waals surface area contributed by atoms with E-state index in [2.05, 4.69) is 41.9 Å². The lowest BCUT2D eigenvalue weighted by Crippen LogP contribution is -2.19. The highest BCUT2D eigenvalue weighted by atomic mass is 15.3. The molecule has 1 aromatic rings. The van der Waals surface area contributed by atoms with Crippen LogP contribution in [0.5, 0.6) is 0 Å². The fourth-order valence-electron chi connectivity index (χ4n) is 1.15. The third kappa shape index (κ3) is 2.42. The van der Waals surface area contributed by atoms with Crippen molar-refractivity contribution >= 4 is 0 Å². The van der Waals surface area contributed by atoms with Gasteiger partial charge in [-0.15, -0.1) is 0 Å². The molecule has 3 nitrogen and oxygen atoms in total. The van der Waals surface area contributed by atoms with Gasteiger partial charge in [0, 0.05) is 19.3 Å². The maximum Gasteiger partial charge on any atom is 0.0634 e. The first kappa shape index (κ1) is 8.40. The number of hydrogen-bond acceptors (Lipinski definition) is 1. The summed E-state index contributed by atoms with van der Waals surface area (Å²) in [6.45, 7) is 4.30. The van der Waals surface area contributed by atoms with E-state index in [9.17, 15) is 0 Å². The quantitative estimate of drug-likeness (QED) is 0.696. The maximum absolute atomic E-state index is 3.26. The van der Waals surface area contributed by atoms with Crippen molar-refractivity contribution in [1.82, 2.24) is 14.7 Å². The van der Waals surface area contributed by atoms with E-state index in [-0.39, 0.29) is 0 Å². The van der Waals surface area contributed by atoms with Crippen LogP contribution in [0.2, 0.25) is 0 Å². The fourth-order valence-corrected chi connectivity index (χ4v) is 1.15. The SMILES string of the molecule is CCCn1cc(CN(C)C)[nH]1. The molecule has 0 bridgehead atoms. The van der Waals surface area contributed by atoms with Crippen LogP contribution in [-0.4, -0.2) is 28.8 Å². The molecular formula is C8H17N3. The average molecular weight is 155 g/mol. The van der Waals surface area contributed by atoms with E-state index in [0.717, 1.165) is 13.1 Å². The number of aromatic nitrogens is 2. The van der Waals surface area contributed by atoms with E-state index in [0.29, 0.717) is 0 Å². The Hall–Kier alpha value is -0.700. The smallest absolute Gasteiger partial charge is 0.0634 e. The molecular weight excluding hydrogens is 138 g/mol. The molecule has 1 N–H and O–H groups in total. The van der Waals surface area contributed by atoms with Crippen molar-refractivity contribution < 1.29 is 0 Å². The largest absolute Gasteiger partial charge is 0.304 e. The molecule has 0 aromatic carbocycles. The van der Waals surface area contributed by atoms with Crippen LogP contribution in [0.3, 0.4) is 0 Å². The van der Waals surface area contributed by atoms with Crippen LogP contribution in [-0.2, 0) is 13.1 Å². The van der Waals surface area contributed by atoms with E-state index >= 15 is 0 Å². The summed E-state index contributed by atoms with van der Waals surface area (Å²) in [6, 6.07) is 0. The highest BCUT2D eigenvalue weighted by Crippen LogP contribution is 2.01. The van der Waals surface area contributed by atoms with Crippen molar-refractivity contribution in [3.05, 3.63) is 11.9 Å². The van der Waals surface area contributed by atoms with Crippen LogP contribution in [0.15, 0.2) is 6.20 Å². The Balaban J connectivity index is 2.28. The van der Waals surface area contributed by atoms with Gasteiger partial charge in [0.15, 0.2) is 0 Å². The molecule has 3 heteroatoms. The summed E-state index contributed by atoms with van der Waals surface area (Å²) in [6.07, 6.45) is 3.36. The molecule has 64 valence electrons. The third-order valence-corrected chi connectivity index (χ3v) is 1.55. The zero-order valence-corrected chi connectivity index (χ0v) is 7.59. The van der Waals surface area contributed by atoms with Crippen LogP contribution >= 0.6 is 0 Å². The van der Waals surface area contributed by atoms with Crippen LogP contribution in [0.25, 0.3) is 0 Å². The fraction of sp³-hybridized carbons (Fsp3) is 0.750. The number of nitrogens with zero attached hydrogens (tertiary/aromatic N) is 2. The van der Waals surface area contributed by atoms with E-state index in [1.807, 2.05) is 0 Å². The second-order valence-electron chi connectivity index (χ2n) is 3.20. The molecule has 0 aliphatic heterocycles. The monoisotopic (exact) mass is 155 g/mol. The van der Waals surface area contributed by atoms with Crippen molar-refractivity contribution in [2.45, 2.75) is 26.4 Å². The second-order valence-corrected chi connectivity index (χ2v) is 3.20. The first-order valence-electron chi connectivity index (χ1n) is 4.11. The van der Waals surface area contributed by atoms with E-state index < -0.39 is 0 Å². The van der Waals surface area contributed by atoms with E-state index in [4.69, 9.17) is 0 Å². The Morgan fingerprint density at radius 3 is 2.64 bits per heavy atom. The van der Waals surface area contributed by atoms with Crippen molar-refractivity contribution in [1.29, 1.82) is 0 Å². The highest BCUT2D eigenvalue weighted by molar-refractivity contribution is 4.95. The topological polar surface area (TPSA) is 24.0 Å². The molecule has 11 heavy (non-hydrogen) atoms. The molecule has 1 rings (SSSR count). The molecule has 0 aliphatic carbocycles. The van der Waals surface area contributed by atoms with Crippen LogP contribution < -0.4 is 0 Å². The minimum Gasteiger partial charge on any atom is -0.304 e. The summed E-state index contributed by atoms with van der Waals surface area (Å²) in [5.74, 6) is 0. The molecule has 0 saturated heterocycles. The van der Waals surface area contributed by atoms with Gasteiger partial charge in [-0.25, -0.2) is 0 Å². The first-order valence-corrected chi connectivity index (χ1v) is 4.11. The van der Waals surface area contributed by atoms with Crippen molar-refractivity contribution in [2.75, 3.05) is 14.1 Å². The summed E-state index contributed by atoms with van der Waals surface area (Å²) in [4.78, 5) is 2.15. The van der Waals surface area contributed by atoms with Gasteiger partial charge in [-0.1, -0.05) is 6.92 Å². The van der Waals surface area contributed by atoms with Crippen molar-refractivity contribution in [3.63, 3.8) is 0 Å². The van der Waals surface area contributed by atoms with Gasteiger partial charge in [0.2, 0.25) is 0 Å². The minimum absolute atomic E-state index is 1.01.